The predicted octanol–water partition coefficient (Wildman–Crippen LogP) is 3.86. The topological polar surface area (TPSA) is 20.2 Å². The molecule has 2 rings (SSSR count). The minimum atomic E-state index is 0.381. The number of aliphatic hydroxyl groups excluding tert-OH is 1. The van der Waals surface area contributed by atoms with Crippen molar-refractivity contribution in [2.45, 2.75) is 13.3 Å². The molecule has 0 saturated heterocycles. The fraction of sp³-hybridized carbons (Fsp3) is 0.143. The third-order valence-corrected chi connectivity index (χ3v) is 2.64. The van der Waals surface area contributed by atoms with Crippen molar-refractivity contribution in [3.05, 3.63) is 65.5 Å². The van der Waals surface area contributed by atoms with Gasteiger partial charge in [-0.2, -0.15) is 0 Å². The first-order valence-corrected chi connectivity index (χ1v) is 5.12. The lowest BCUT2D eigenvalue weighted by molar-refractivity contribution is 0.432. The van der Waals surface area contributed by atoms with Gasteiger partial charge in [-0.25, -0.2) is 0 Å². The van der Waals surface area contributed by atoms with Crippen molar-refractivity contribution in [1.29, 1.82) is 0 Å². The summed E-state index contributed by atoms with van der Waals surface area (Å²) in [4.78, 5) is 0. The first-order valence-electron chi connectivity index (χ1n) is 5.12. The molecule has 0 unspecified atom stereocenters. The average Bonchev–Trinajstić information content (AvgIpc) is 2.31. The van der Waals surface area contributed by atoms with Crippen LogP contribution in [0.5, 0.6) is 0 Å². The van der Waals surface area contributed by atoms with Gasteiger partial charge in [-0.1, -0.05) is 42.5 Å². The van der Waals surface area contributed by atoms with Crippen molar-refractivity contribution in [3.63, 3.8) is 0 Å². The molecule has 0 fully saturated rings. The van der Waals surface area contributed by atoms with Gasteiger partial charge < -0.3 is 5.11 Å². The fourth-order valence-electron chi connectivity index (χ4n) is 1.73. The maximum Gasteiger partial charge on any atom is 0.119 e. The lowest BCUT2D eigenvalue weighted by atomic mass is 9.93. The van der Waals surface area contributed by atoms with E-state index in [0.29, 0.717) is 5.76 Å². The van der Waals surface area contributed by atoms with Gasteiger partial charge >= 0.3 is 0 Å². The van der Waals surface area contributed by atoms with Gasteiger partial charge in [0.25, 0.3) is 0 Å². The van der Waals surface area contributed by atoms with Crippen molar-refractivity contribution in [2.24, 2.45) is 0 Å². The smallest absolute Gasteiger partial charge is 0.119 e. The molecule has 1 aromatic carbocycles. The normalized spacial score (nSPS) is 18.6. The van der Waals surface area contributed by atoms with Gasteiger partial charge in [0, 0.05) is 12.0 Å². The molecule has 0 radical (unpaired) electrons. The van der Waals surface area contributed by atoms with Gasteiger partial charge in [0.1, 0.15) is 5.76 Å². The number of rotatable bonds is 1. The van der Waals surface area contributed by atoms with Crippen LogP contribution < -0.4 is 0 Å². The van der Waals surface area contributed by atoms with Crippen molar-refractivity contribution in [2.75, 3.05) is 0 Å². The minimum absolute atomic E-state index is 0.381. The number of hydrogen-bond acceptors (Lipinski definition) is 1. The zero-order chi connectivity index (χ0) is 10.7. The number of benzene rings is 1. The lowest BCUT2D eigenvalue weighted by Gasteiger charge is -2.14. The van der Waals surface area contributed by atoms with E-state index in [0.717, 1.165) is 17.6 Å². The summed E-state index contributed by atoms with van der Waals surface area (Å²) in [6, 6.07) is 10.0. The third-order valence-electron chi connectivity index (χ3n) is 2.64. The van der Waals surface area contributed by atoms with E-state index in [2.05, 4.69) is 6.08 Å². The Kier molecular flexibility index (Phi) is 2.72. The second kappa shape index (κ2) is 4.18. The van der Waals surface area contributed by atoms with Gasteiger partial charge in [-0.15, -0.1) is 0 Å². The van der Waals surface area contributed by atoms with E-state index in [1.807, 2.05) is 43.3 Å². The quantitative estimate of drug-likeness (QED) is 0.726. The van der Waals surface area contributed by atoms with Crippen LogP contribution in [0.4, 0.5) is 0 Å². The molecule has 0 spiro atoms. The highest BCUT2D eigenvalue weighted by Gasteiger charge is 2.11. The Hall–Kier alpha value is -1.76. The van der Waals surface area contributed by atoms with Crippen LogP contribution in [0.15, 0.2) is 59.9 Å². The zero-order valence-corrected chi connectivity index (χ0v) is 8.77. The molecule has 1 aliphatic rings. The monoisotopic (exact) mass is 198 g/mol. The molecule has 0 amide bonds. The predicted molar refractivity (Wildman–Crippen MR) is 63.5 cm³/mol. The minimum Gasteiger partial charge on any atom is -0.508 e. The largest absolute Gasteiger partial charge is 0.508 e. The SMILES string of the molecule is CC=C1C=CC(O)=C(c2ccccc2)C1. The summed E-state index contributed by atoms with van der Waals surface area (Å²) in [6.07, 6.45) is 6.61. The van der Waals surface area contributed by atoms with Gasteiger partial charge in [0.05, 0.1) is 0 Å². The Labute approximate surface area is 90.1 Å². The van der Waals surface area contributed by atoms with Gasteiger partial charge in [-0.3, -0.25) is 0 Å². The van der Waals surface area contributed by atoms with Crippen LogP contribution in [-0.2, 0) is 0 Å². The van der Waals surface area contributed by atoms with Crippen LogP contribution >= 0.6 is 0 Å². The summed E-state index contributed by atoms with van der Waals surface area (Å²) in [5.41, 5.74) is 3.34. The summed E-state index contributed by atoms with van der Waals surface area (Å²) in [5.74, 6) is 0.381. The van der Waals surface area contributed by atoms with E-state index in [1.54, 1.807) is 6.08 Å². The van der Waals surface area contributed by atoms with E-state index >= 15 is 0 Å². The number of hydrogen-bond donors (Lipinski definition) is 1. The molecular formula is C14H14O. The first-order chi connectivity index (χ1) is 7.31. The number of aliphatic hydroxyl groups is 1. The molecule has 0 atom stereocenters. The Bertz CT molecular complexity index is 436. The second-order valence-corrected chi connectivity index (χ2v) is 3.60. The van der Waals surface area contributed by atoms with Crippen LogP contribution in [0.1, 0.15) is 18.9 Å². The Morgan fingerprint density at radius 2 is 1.87 bits per heavy atom. The van der Waals surface area contributed by atoms with Crippen molar-refractivity contribution in [1.82, 2.24) is 0 Å². The van der Waals surface area contributed by atoms with Crippen LogP contribution in [0.3, 0.4) is 0 Å². The summed E-state index contributed by atoms with van der Waals surface area (Å²) >= 11 is 0. The van der Waals surface area contributed by atoms with Gasteiger partial charge in [0.15, 0.2) is 0 Å². The van der Waals surface area contributed by atoms with Crippen LogP contribution in [0.2, 0.25) is 0 Å². The highest BCUT2D eigenvalue weighted by Crippen LogP contribution is 2.29. The molecule has 1 aromatic rings. The van der Waals surface area contributed by atoms with E-state index in [4.69, 9.17) is 0 Å². The van der Waals surface area contributed by atoms with Crippen LogP contribution in [0, 0.1) is 0 Å². The molecule has 0 aromatic heterocycles. The molecular weight excluding hydrogens is 184 g/mol. The van der Waals surface area contributed by atoms with E-state index < -0.39 is 0 Å². The zero-order valence-electron chi connectivity index (χ0n) is 8.77. The highest BCUT2D eigenvalue weighted by molar-refractivity contribution is 5.73. The molecule has 0 heterocycles. The lowest BCUT2D eigenvalue weighted by Crippen LogP contribution is -1.96. The molecule has 1 nitrogen and oxygen atoms in total. The molecule has 1 aliphatic carbocycles. The first kappa shape index (κ1) is 9.78. The van der Waals surface area contributed by atoms with Crippen LogP contribution in [0.25, 0.3) is 5.57 Å². The van der Waals surface area contributed by atoms with Crippen molar-refractivity contribution < 1.29 is 5.11 Å². The fourth-order valence-corrected chi connectivity index (χ4v) is 1.73. The molecule has 1 heteroatoms. The summed E-state index contributed by atoms with van der Waals surface area (Å²) < 4.78 is 0. The van der Waals surface area contributed by atoms with E-state index in [9.17, 15) is 5.11 Å². The number of allylic oxidation sites excluding steroid dienone is 5. The second-order valence-electron chi connectivity index (χ2n) is 3.60. The maximum atomic E-state index is 9.80. The molecule has 15 heavy (non-hydrogen) atoms. The highest BCUT2D eigenvalue weighted by atomic mass is 16.3. The average molecular weight is 198 g/mol. The summed E-state index contributed by atoms with van der Waals surface area (Å²) in [5, 5.41) is 9.80. The van der Waals surface area contributed by atoms with E-state index in [1.165, 1.54) is 5.57 Å². The summed E-state index contributed by atoms with van der Waals surface area (Å²) in [6.45, 7) is 2.02. The standard InChI is InChI=1S/C14H14O/c1-2-11-8-9-14(15)13(10-11)12-6-4-3-5-7-12/h2-9,15H,10H2,1H3. The third kappa shape index (κ3) is 2.01. The molecule has 0 bridgehead atoms. The molecule has 1 N–H and O–H groups in total. The Balaban J connectivity index is 2.41. The Morgan fingerprint density at radius 3 is 2.53 bits per heavy atom. The molecule has 0 aliphatic heterocycles. The van der Waals surface area contributed by atoms with Crippen molar-refractivity contribution >= 4 is 5.57 Å². The molecule has 76 valence electrons. The van der Waals surface area contributed by atoms with Crippen molar-refractivity contribution in [3.8, 4) is 0 Å². The Morgan fingerprint density at radius 1 is 1.13 bits per heavy atom. The van der Waals surface area contributed by atoms with Gasteiger partial charge in [-0.05, 0) is 24.1 Å². The molecule has 0 saturated carbocycles. The summed E-state index contributed by atoms with van der Waals surface area (Å²) in [7, 11) is 0. The maximum absolute atomic E-state index is 9.80. The van der Waals surface area contributed by atoms with Gasteiger partial charge in [0.2, 0.25) is 0 Å². The van der Waals surface area contributed by atoms with Crippen LogP contribution in [-0.4, -0.2) is 5.11 Å². The van der Waals surface area contributed by atoms with E-state index in [-0.39, 0.29) is 0 Å².